The zero-order chi connectivity index (χ0) is 15.2. The molecule has 1 aromatic carbocycles. The van der Waals surface area contributed by atoms with Crippen molar-refractivity contribution in [1.82, 2.24) is 15.2 Å². The Balaban J connectivity index is 2.15. The molecule has 6 heteroatoms. The summed E-state index contributed by atoms with van der Waals surface area (Å²) in [6, 6.07) is 7.19. The Labute approximate surface area is 124 Å². The average molecular weight is 285 g/mol. The maximum absolute atomic E-state index is 11.2. The first-order chi connectivity index (χ1) is 10.1. The van der Waals surface area contributed by atoms with E-state index < -0.39 is 0 Å². The van der Waals surface area contributed by atoms with Gasteiger partial charge in [0.1, 0.15) is 0 Å². The van der Waals surface area contributed by atoms with Gasteiger partial charge in [-0.15, -0.1) is 5.10 Å². The molecule has 0 atom stereocenters. The van der Waals surface area contributed by atoms with E-state index >= 15 is 0 Å². The van der Waals surface area contributed by atoms with Gasteiger partial charge in [-0.2, -0.15) is 10.1 Å². The van der Waals surface area contributed by atoms with Crippen LogP contribution in [0.15, 0.2) is 30.5 Å². The molecular formula is C15H19N5O. The molecule has 2 rings (SSSR count). The van der Waals surface area contributed by atoms with Gasteiger partial charge < -0.3 is 10.2 Å². The average Bonchev–Trinajstić information content (AvgIpc) is 2.49. The van der Waals surface area contributed by atoms with Crippen LogP contribution in [0, 0.1) is 0 Å². The Kier molecular flexibility index (Phi) is 4.81. The van der Waals surface area contributed by atoms with Gasteiger partial charge in [0, 0.05) is 24.3 Å². The summed E-state index contributed by atoms with van der Waals surface area (Å²) < 4.78 is 0. The Morgan fingerprint density at radius 3 is 2.43 bits per heavy atom. The van der Waals surface area contributed by atoms with E-state index in [-0.39, 0.29) is 5.78 Å². The number of nitrogens with one attached hydrogen (secondary N) is 1. The summed E-state index contributed by atoms with van der Waals surface area (Å²) in [5, 5.41) is 11.0. The lowest BCUT2D eigenvalue weighted by Crippen LogP contribution is -2.23. The number of hydrogen-bond donors (Lipinski definition) is 1. The molecule has 0 saturated carbocycles. The number of carbonyl (C=O) groups is 1. The third kappa shape index (κ3) is 3.75. The highest BCUT2D eigenvalue weighted by atomic mass is 16.1. The molecule has 0 amide bonds. The van der Waals surface area contributed by atoms with Crippen LogP contribution in [-0.2, 0) is 0 Å². The van der Waals surface area contributed by atoms with Crippen molar-refractivity contribution < 1.29 is 4.79 Å². The van der Waals surface area contributed by atoms with E-state index in [1.54, 1.807) is 25.3 Å². The van der Waals surface area contributed by atoms with Gasteiger partial charge in [-0.05, 0) is 45.0 Å². The summed E-state index contributed by atoms with van der Waals surface area (Å²) >= 11 is 0. The third-order valence-electron chi connectivity index (χ3n) is 3.18. The monoisotopic (exact) mass is 285 g/mol. The van der Waals surface area contributed by atoms with Gasteiger partial charge in [-0.3, -0.25) is 4.79 Å². The number of aromatic nitrogens is 3. The molecule has 0 spiro atoms. The van der Waals surface area contributed by atoms with E-state index in [1.165, 1.54) is 0 Å². The fraction of sp³-hybridized carbons (Fsp3) is 0.333. The zero-order valence-electron chi connectivity index (χ0n) is 12.5. The molecule has 1 N–H and O–H groups in total. The number of ketones is 1. The van der Waals surface area contributed by atoms with Crippen molar-refractivity contribution in [2.24, 2.45) is 0 Å². The second-order valence-corrected chi connectivity index (χ2v) is 4.57. The molecule has 2 aromatic rings. The normalized spacial score (nSPS) is 10.2. The number of hydrogen-bond acceptors (Lipinski definition) is 6. The van der Waals surface area contributed by atoms with E-state index in [9.17, 15) is 4.79 Å². The fourth-order valence-electron chi connectivity index (χ4n) is 1.97. The summed E-state index contributed by atoms with van der Waals surface area (Å²) in [7, 11) is 0. The predicted molar refractivity (Wildman–Crippen MR) is 83.1 cm³/mol. The quantitative estimate of drug-likeness (QED) is 0.823. The molecule has 0 bridgehead atoms. The summed E-state index contributed by atoms with van der Waals surface area (Å²) in [6.45, 7) is 7.41. The molecule has 0 unspecified atom stereocenters. The largest absolute Gasteiger partial charge is 0.356 e. The SMILES string of the molecule is CCN(CC)c1cnnc(Nc2ccc(C(C)=O)cc2)n1. The molecule has 1 aromatic heterocycles. The van der Waals surface area contributed by atoms with Crippen LogP contribution >= 0.6 is 0 Å². The molecule has 110 valence electrons. The van der Waals surface area contributed by atoms with Gasteiger partial charge in [0.05, 0.1) is 6.20 Å². The number of carbonyl (C=O) groups excluding carboxylic acids is 1. The minimum Gasteiger partial charge on any atom is -0.356 e. The second-order valence-electron chi connectivity index (χ2n) is 4.57. The van der Waals surface area contributed by atoms with E-state index in [1.807, 2.05) is 12.1 Å². The van der Waals surface area contributed by atoms with Gasteiger partial charge in [-0.1, -0.05) is 0 Å². The van der Waals surface area contributed by atoms with Crippen LogP contribution in [0.2, 0.25) is 0 Å². The van der Waals surface area contributed by atoms with Crippen molar-refractivity contribution in [3.8, 4) is 0 Å². The summed E-state index contributed by atoms with van der Waals surface area (Å²) in [5.41, 5.74) is 1.50. The highest BCUT2D eigenvalue weighted by Gasteiger charge is 2.07. The van der Waals surface area contributed by atoms with Gasteiger partial charge in [0.15, 0.2) is 11.6 Å². The van der Waals surface area contributed by atoms with Gasteiger partial charge in [0.2, 0.25) is 5.95 Å². The fourth-order valence-corrected chi connectivity index (χ4v) is 1.97. The maximum atomic E-state index is 11.2. The molecular weight excluding hydrogens is 266 g/mol. The Bertz CT molecular complexity index is 608. The number of nitrogens with zero attached hydrogens (tertiary/aromatic N) is 4. The lowest BCUT2D eigenvalue weighted by molar-refractivity contribution is 0.101. The lowest BCUT2D eigenvalue weighted by atomic mass is 10.1. The number of anilines is 3. The van der Waals surface area contributed by atoms with Crippen molar-refractivity contribution in [2.75, 3.05) is 23.3 Å². The zero-order valence-corrected chi connectivity index (χ0v) is 12.5. The molecule has 6 nitrogen and oxygen atoms in total. The number of Topliss-reactive ketones (excluding diaryl/α,β-unsaturated/α-hetero) is 1. The summed E-state index contributed by atoms with van der Waals surface area (Å²) in [6.07, 6.45) is 1.65. The molecule has 21 heavy (non-hydrogen) atoms. The molecule has 0 fully saturated rings. The van der Waals surface area contributed by atoms with E-state index in [0.29, 0.717) is 11.5 Å². The first-order valence-corrected chi connectivity index (χ1v) is 6.96. The van der Waals surface area contributed by atoms with Gasteiger partial charge >= 0.3 is 0 Å². The number of benzene rings is 1. The molecule has 0 aliphatic rings. The second kappa shape index (κ2) is 6.78. The smallest absolute Gasteiger partial charge is 0.249 e. The molecule has 0 aliphatic carbocycles. The van der Waals surface area contributed by atoms with Crippen molar-refractivity contribution in [3.63, 3.8) is 0 Å². The van der Waals surface area contributed by atoms with Crippen molar-refractivity contribution in [1.29, 1.82) is 0 Å². The predicted octanol–water partition coefficient (Wildman–Crippen LogP) is 2.66. The summed E-state index contributed by atoms with van der Waals surface area (Å²) in [5.74, 6) is 1.27. The van der Waals surface area contributed by atoms with E-state index in [4.69, 9.17) is 0 Å². The third-order valence-corrected chi connectivity index (χ3v) is 3.18. The molecule has 0 aliphatic heterocycles. The number of rotatable bonds is 6. The lowest BCUT2D eigenvalue weighted by Gasteiger charge is -2.19. The molecule has 0 radical (unpaired) electrons. The molecule has 1 heterocycles. The van der Waals surface area contributed by atoms with Crippen LogP contribution in [0.1, 0.15) is 31.1 Å². The van der Waals surface area contributed by atoms with Crippen LogP contribution in [-0.4, -0.2) is 34.1 Å². The van der Waals surface area contributed by atoms with E-state index in [2.05, 4.69) is 39.2 Å². The minimum atomic E-state index is 0.0444. The first-order valence-electron chi connectivity index (χ1n) is 6.96. The maximum Gasteiger partial charge on any atom is 0.249 e. The highest BCUT2D eigenvalue weighted by Crippen LogP contribution is 2.16. The Morgan fingerprint density at radius 2 is 1.86 bits per heavy atom. The van der Waals surface area contributed by atoms with Crippen LogP contribution in [0.3, 0.4) is 0 Å². The van der Waals surface area contributed by atoms with Crippen molar-refractivity contribution in [3.05, 3.63) is 36.0 Å². The molecule has 0 saturated heterocycles. The Morgan fingerprint density at radius 1 is 1.19 bits per heavy atom. The Hall–Kier alpha value is -2.50. The highest BCUT2D eigenvalue weighted by molar-refractivity contribution is 5.94. The van der Waals surface area contributed by atoms with Crippen LogP contribution < -0.4 is 10.2 Å². The van der Waals surface area contributed by atoms with Crippen LogP contribution in [0.5, 0.6) is 0 Å². The van der Waals surface area contributed by atoms with Crippen molar-refractivity contribution in [2.45, 2.75) is 20.8 Å². The topological polar surface area (TPSA) is 71.0 Å². The van der Waals surface area contributed by atoms with Crippen molar-refractivity contribution >= 4 is 23.2 Å². The van der Waals surface area contributed by atoms with Gasteiger partial charge in [-0.25, -0.2) is 0 Å². The van der Waals surface area contributed by atoms with E-state index in [0.717, 1.165) is 24.6 Å². The summed E-state index contributed by atoms with van der Waals surface area (Å²) in [4.78, 5) is 17.8. The standard InChI is InChI=1S/C15H19N5O/c1-4-20(5-2)14-10-16-19-15(18-14)17-13-8-6-12(7-9-13)11(3)21/h6-10H,4-5H2,1-3H3,(H,17,18,19). The van der Waals surface area contributed by atoms with Crippen LogP contribution in [0.25, 0.3) is 0 Å². The van der Waals surface area contributed by atoms with Crippen LogP contribution in [0.4, 0.5) is 17.5 Å². The minimum absolute atomic E-state index is 0.0444. The van der Waals surface area contributed by atoms with Gasteiger partial charge in [0.25, 0.3) is 0 Å². The first kappa shape index (κ1) is 14.9.